The van der Waals surface area contributed by atoms with Crippen molar-refractivity contribution in [3.8, 4) is 11.5 Å². The molecule has 0 unspecified atom stereocenters. The molecule has 0 fully saturated rings. The normalized spacial score (nSPS) is 10.3. The summed E-state index contributed by atoms with van der Waals surface area (Å²) in [5, 5.41) is 11.3. The van der Waals surface area contributed by atoms with Crippen molar-refractivity contribution in [1.82, 2.24) is 5.32 Å². The third-order valence-electron chi connectivity index (χ3n) is 3.47. The molecule has 0 bridgehead atoms. The van der Waals surface area contributed by atoms with Crippen LogP contribution in [0.2, 0.25) is 0 Å². The summed E-state index contributed by atoms with van der Waals surface area (Å²) in [5.41, 5.74) is 1.00. The fourth-order valence-electron chi connectivity index (χ4n) is 2.14. The van der Waals surface area contributed by atoms with Gasteiger partial charge in [-0.25, -0.2) is 0 Å². The molecule has 0 aliphatic heterocycles. The standard InChI is InChI=1S/C18H27NO7/c1-23-15-4-3-14(13-16(15)24-2)7-8-19-17(21)5-6-18(22)26-12-11-25-10-9-20/h3-4,13,20H,5-12H2,1-2H3,(H,19,21). The molecule has 0 atom stereocenters. The zero-order valence-electron chi connectivity index (χ0n) is 15.3. The first-order valence-electron chi connectivity index (χ1n) is 8.42. The second-order valence-electron chi connectivity index (χ2n) is 5.35. The first-order chi connectivity index (χ1) is 12.6. The maximum Gasteiger partial charge on any atom is 0.306 e. The topological polar surface area (TPSA) is 103 Å². The SMILES string of the molecule is COc1ccc(CCNC(=O)CCC(=O)OCCOCCO)cc1OC. The summed E-state index contributed by atoms with van der Waals surface area (Å²) in [6, 6.07) is 5.58. The van der Waals surface area contributed by atoms with Crippen molar-refractivity contribution in [3.05, 3.63) is 23.8 Å². The maximum atomic E-state index is 11.8. The molecule has 146 valence electrons. The van der Waals surface area contributed by atoms with E-state index in [0.29, 0.717) is 24.5 Å². The van der Waals surface area contributed by atoms with Crippen LogP contribution in [0.1, 0.15) is 18.4 Å². The van der Waals surface area contributed by atoms with E-state index in [1.807, 2.05) is 18.2 Å². The number of methoxy groups -OCH3 is 2. The molecule has 0 saturated heterocycles. The van der Waals surface area contributed by atoms with Crippen molar-refractivity contribution < 1.29 is 33.6 Å². The summed E-state index contributed by atoms with van der Waals surface area (Å²) in [4.78, 5) is 23.2. The number of nitrogens with one attached hydrogen (secondary N) is 1. The van der Waals surface area contributed by atoms with Gasteiger partial charge in [-0.05, 0) is 24.1 Å². The zero-order valence-corrected chi connectivity index (χ0v) is 15.3. The molecule has 1 amide bonds. The van der Waals surface area contributed by atoms with Gasteiger partial charge in [-0.2, -0.15) is 0 Å². The number of hydrogen-bond acceptors (Lipinski definition) is 7. The van der Waals surface area contributed by atoms with Crippen molar-refractivity contribution in [1.29, 1.82) is 0 Å². The Hall–Kier alpha value is -2.32. The minimum Gasteiger partial charge on any atom is -0.493 e. The number of carbonyl (C=O) groups excluding carboxylic acids is 2. The minimum absolute atomic E-state index is 0.0161. The molecule has 0 aliphatic carbocycles. The predicted molar refractivity (Wildman–Crippen MR) is 94.4 cm³/mol. The Labute approximate surface area is 153 Å². The minimum atomic E-state index is -0.451. The lowest BCUT2D eigenvalue weighted by Gasteiger charge is -2.10. The molecular weight excluding hydrogens is 342 g/mol. The van der Waals surface area contributed by atoms with E-state index in [0.717, 1.165) is 5.56 Å². The number of amides is 1. The lowest BCUT2D eigenvalue weighted by Crippen LogP contribution is -2.26. The smallest absolute Gasteiger partial charge is 0.306 e. The lowest BCUT2D eigenvalue weighted by atomic mass is 10.1. The van der Waals surface area contributed by atoms with E-state index in [-0.39, 0.29) is 45.2 Å². The molecule has 1 rings (SSSR count). The molecule has 8 heteroatoms. The molecule has 0 heterocycles. The van der Waals surface area contributed by atoms with Crippen LogP contribution in [0.15, 0.2) is 18.2 Å². The predicted octanol–water partition coefficient (Wildman–Crippen LogP) is 0.695. The molecule has 1 aromatic rings. The van der Waals surface area contributed by atoms with E-state index in [9.17, 15) is 9.59 Å². The Morgan fingerprint density at radius 1 is 1.04 bits per heavy atom. The van der Waals surface area contributed by atoms with E-state index in [2.05, 4.69) is 5.32 Å². The zero-order chi connectivity index (χ0) is 19.2. The van der Waals surface area contributed by atoms with E-state index >= 15 is 0 Å². The molecule has 0 aliphatic rings. The highest BCUT2D eigenvalue weighted by molar-refractivity contribution is 5.81. The fourth-order valence-corrected chi connectivity index (χ4v) is 2.14. The first kappa shape index (κ1) is 21.7. The van der Waals surface area contributed by atoms with Gasteiger partial charge in [0.05, 0.1) is 40.5 Å². The quantitative estimate of drug-likeness (QED) is 0.390. The van der Waals surface area contributed by atoms with E-state index in [4.69, 9.17) is 24.1 Å². The average Bonchev–Trinajstić information content (AvgIpc) is 2.66. The highest BCUT2D eigenvalue weighted by Gasteiger charge is 2.09. The number of rotatable bonds is 13. The fraction of sp³-hybridized carbons (Fsp3) is 0.556. The van der Waals surface area contributed by atoms with Gasteiger partial charge in [-0.1, -0.05) is 6.07 Å². The summed E-state index contributed by atoms with van der Waals surface area (Å²) in [6.07, 6.45) is 0.725. The van der Waals surface area contributed by atoms with Crippen molar-refractivity contribution in [3.63, 3.8) is 0 Å². The Morgan fingerprint density at radius 3 is 2.50 bits per heavy atom. The number of esters is 1. The number of ether oxygens (including phenoxy) is 4. The van der Waals surface area contributed by atoms with Crippen molar-refractivity contribution in [2.24, 2.45) is 0 Å². The van der Waals surface area contributed by atoms with Crippen molar-refractivity contribution in [2.45, 2.75) is 19.3 Å². The van der Waals surface area contributed by atoms with Gasteiger partial charge in [0.1, 0.15) is 6.61 Å². The van der Waals surface area contributed by atoms with Crippen molar-refractivity contribution >= 4 is 11.9 Å². The molecule has 2 N–H and O–H groups in total. The van der Waals surface area contributed by atoms with Gasteiger partial charge in [-0.15, -0.1) is 0 Å². The Morgan fingerprint density at radius 2 is 1.81 bits per heavy atom. The van der Waals surface area contributed by atoms with Crippen LogP contribution in [-0.2, 0) is 25.5 Å². The van der Waals surface area contributed by atoms with Crippen LogP contribution in [0.5, 0.6) is 11.5 Å². The van der Waals surface area contributed by atoms with Crippen molar-refractivity contribution in [2.75, 3.05) is 47.2 Å². The van der Waals surface area contributed by atoms with Gasteiger partial charge < -0.3 is 29.4 Å². The number of aliphatic hydroxyl groups excluding tert-OH is 1. The summed E-state index contributed by atoms with van der Waals surface area (Å²) >= 11 is 0. The molecule has 1 aromatic carbocycles. The van der Waals surface area contributed by atoms with Crippen LogP contribution in [0.25, 0.3) is 0 Å². The number of hydrogen-bond donors (Lipinski definition) is 2. The molecule has 8 nitrogen and oxygen atoms in total. The second-order valence-corrected chi connectivity index (χ2v) is 5.35. The molecular formula is C18H27NO7. The summed E-state index contributed by atoms with van der Waals surface area (Å²) < 4.78 is 20.3. The van der Waals surface area contributed by atoms with Crippen LogP contribution in [0.3, 0.4) is 0 Å². The highest BCUT2D eigenvalue weighted by atomic mass is 16.6. The number of carbonyl (C=O) groups is 2. The third kappa shape index (κ3) is 8.68. The van der Waals surface area contributed by atoms with Gasteiger partial charge in [0.25, 0.3) is 0 Å². The summed E-state index contributed by atoms with van der Waals surface area (Å²) in [6.45, 7) is 0.930. The van der Waals surface area contributed by atoms with Gasteiger partial charge in [0, 0.05) is 13.0 Å². The van der Waals surface area contributed by atoms with Crippen LogP contribution in [0.4, 0.5) is 0 Å². The summed E-state index contributed by atoms with van der Waals surface area (Å²) in [5.74, 6) is 0.634. The Kier molecular flexibility index (Phi) is 10.8. The molecule has 0 spiro atoms. The molecule has 26 heavy (non-hydrogen) atoms. The number of benzene rings is 1. The van der Waals surface area contributed by atoms with Gasteiger partial charge in [-0.3, -0.25) is 9.59 Å². The monoisotopic (exact) mass is 369 g/mol. The van der Waals surface area contributed by atoms with Gasteiger partial charge >= 0.3 is 5.97 Å². The second kappa shape index (κ2) is 13.0. The number of aliphatic hydroxyl groups is 1. The van der Waals surface area contributed by atoms with Gasteiger partial charge in [0.2, 0.25) is 5.91 Å². The van der Waals surface area contributed by atoms with Crippen LogP contribution in [0, 0.1) is 0 Å². The van der Waals surface area contributed by atoms with E-state index < -0.39 is 5.97 Å². The molecule has 0 saturated carbocycles. The van der Waals surface area contributed by atoms with E-state index in [1.54, 1.807) is 14.2 Å². The summed E-state index contributed by atoms with van der Waals surface area (Å²) in [7, 11) is 3.15. The first-order valence-corrected chi connectivity index (χ1v) is 8.42. The Balaban J connectivity index is 2.19. The maximum absolute atomic E-state index is 11.8. The highest BCUT2D eigenvalue weighted by Crippen LogP contribution is 2.27. The molecule has 0 radical (unpaired) electrons. The molecule has 0 aromatic heterocycles. The Bertz CT molecular complexity index is 562. The van der Waals surface area contributed by atoms with Crippen LogP contribution < -0.4 is 14.8 Å². The largest absolute Gasteiger partial charge is 0.493 e. The third-order valence-corrected chi connectivity index (χ3v) is 3.47. The average molecular weight is 369 g/mol. The lowest BCUT2D eigenvalue weighted by molar-refractivity contribution is -0.146. The van der Waals surface area contributed by atoms with E-state index in [1.165, 1.54) is 0 Å². The van der Waals surface area contributed by atoms with Crippen LogP contribution >= 0.6 is 0 Å². The van der Waals surface area contributed by atoms with Crippen LogP contribution in [-0.4, -0.2) is 64.2 Å². The van der Waals surface area contributed by atoms with Gasteiger partial charge in [0.15, 0.2) is 11.5 Å².